The van der Waals surface area contributed by atoms with Gasteiger partial charge >= 0.3 is 18.0 Å². The van der Waals surface area contributed by atoms with Gasteiger partial charge in [-0.05, 0) is 37.5 Å². The van der Waals surface area contributed by atoms with Crippen LogP contribution >= 0.6 is 15.9 Å². The molecule has 0 saturated carbocycles. The molecule has 2 amide bonds. The lowest BCUT2D eigenvalue weighted by atomic mass is 10.1. The van der Waals surface area contributed by atoms with Gasteiger partial charge in [-0.1, -0.05) is 22.0 Å². The van der Waals surface area contributed by atoms with E-state index < -0.39 is 35.5 Å². The number of hydrogen-bond donors (Lipinski definition) is 3. The van der Waals surface area contributed by atoms with E-state index in [9.17, 15) is 14.4 Å². The van der Waals surface area contributed by atoms with Gasteiger partial charge in [-0.3, -0.25) is 5.32 Å². The normalized spacial score (nSPS) is 11.2. The van der Waals surface area contributed by atoms with Crippen LogP contribution in [0.2, 0.25) is 0 Å². The third-order valence-electron chi connectivity index (χ3n) is 3.57. The van der Waals surface area contributed by atoms with Crippen molar-refractivity contribution >= 4 is 39.6 Å². The molecule has 0 unspecified atom stereocenters. The number of carbonyl (C=O) groups is 3. The third-order valence-corrected chi connectivity index (χ3v) is 4.79. The van der Waals surface area contributed by atoms with Gasteiger partial charge in [0.2, 0.25) is 0 Å². The zero-order valence-corrected chi connectivity index (χ0v) is 15.0. The van der Waals surface area contributed by atoms with Crippen molar-refractivity contribution in [3.63, 3.8) is 0 Å². The number of nitrogens with zero attached hydrogens (tertiary/aromatic N) is 1. The molecule has 0 atom stereocenters. The molecular formula is C15H20BrN2O5+. The van der Waals surface area contributed by atoms with Gasteiger partial charge < -0.3 is 10.2 Å². The molecule has 23 heavy (non-hydrogen) atoms. The Morgan fingerprint density at radius 3 is 2.00 bits per heavy atom. The average Bonchev–Trinajstić information content (AvgIpc) is 2.39. The summed E-state index contributed by atoms with van der Waals surface area (Å²) in [5.41, 5.74) is 3.17. The molecule has 8 heteroatoms. The summed E-state index contributed by atoms with van der Waals surface area (Å²) in [6, 6.07) is 1.20. The number of halogens is 1. The van der Waals surface area contributed by atoms with Gasteiger partial charge in [0.1, 0.15) is 0 Å². The summed E-state index contributed by atoms with van der Waals surface area (Å²) >= 11 is 3.44. The Kier molecular flexibility index (Phi) is 5.90. The molecule has 0 heterocycles. The molecule has 7 nitrogen and oxygen atoms in total. The average molecular weight is 388 g/mol. The second-order valence-electron chi connectivity index (χ2n) is 5.75. The van der Waals surface area contributed by atoms with Crippen molar-refractivity contribution < 1.29 is 29.1 Å². The first kappa shape index (κ1) is 19.1. The van der Waals surface area contributed by atoms with Crippen LogP contribution < -0.4 is 5.32 Å². The van der Waals surface area contributed by atoms with Crippen molar-refractivity contribution in [1.82, 2.24) is 0 Å². The molecule has 0 aliphatic heterocycles. The first-order valence-corrected chi connectivity index (χ1v) is 7.63. The Hall–Kier alpha value is -1.93. The van der Waals surface area contributed by atoms with E-state index in [0.717, 1.165) is 21.2 Å². The maximum absolute atomic E-state index is 12.5. The molecular weight excluding hydrogens is 368 g/mol. The van der Waals surface area contributed by atoms with Crippen LogP contribution in [0.25, 0.3) is 0 Å². The Bertz CT molecular complexity index is 656. The maximum Gasteiger partial charge on any atom is 0.421 e. The summed E-state index contributed by atoms with van der Waals surface area (Å²) in [5, 5.41) is 20.6. The molecule has 1 rings (SSSR count). The van der Waals surface area contributed by atoms with Crippen molar-refractivity contribution in [2.45, 2.75) is 20.8 Å². The minimum absolute atomic E-state index is 0.549. The number of urea groups is 1. The number of benzene rings is 1. The number of anilines is 1. The molecule has 0 bridgehead atoms. The van der Waals surface area contributed by atoms with E-state index in [-0.39, 0.29) is 0 Å². The molecule has 0 aromatic heterocycles. The highest BCUT2D eigenvalue weighted by molar-refractivity contribution is 9.10. The van der Waals surface area contributed by atoms with Crippen LogP contribution in [0.15, 0.2) is 10.5 Å². The Morgan fingerprint density at radius 2 is 1.57 bits per heavy atom. The van der Waals surface area contributed by atoms with Crippen LogP contribution in [0.3, 0.4) is 0 Å². The van der Waals surface area contributed by atoms with E-state index in [1.54, 1.807) is 0 Å². The monoisotopic (exact) mass is 387 g/mol. The topological polar surface area (TPSA) is 104 Å². The molecule has 0 saturated heterocycles. The molecule has 0 spiro atoms. The van der Waals surface area contributed by atoms with Gasteiger partial charge in [-0.15, -0.1) is 0 Å². The summed E-state index contributed by atoms with van der Waals surface area (Å²) < 4.78 is 0.0544. The fourth-order valence-corrected chi connectivity index (χ4v) is 2.71. The first-order chi connectivity index (χ1) is 10.5. The summed E-state index contributed by atoms with van der Waals surface area (Å²) in [6.07, 6.45) is 0. The number of rotatable bonds is 5. The number of carbonyl (C=O) groups excluding carboxylic acids is 1. The fourth-order valence-electron chi connectivity index (χ4n) is 2.39. The number of aliphatic carboxylic acids is 2. The minimum Gasteiger partial charge on any atom is -0.477 e. The highest BCUT2D eigenvalue weighted by Gasteiger charge is 2.37. The highest BCUT2D eigenvalue weighted by Crippen LogP contribution is 2.31. The SMILES string of the molecule is Cc1cc(C)c(NC(=O)[N+](C)(CC(=O)O)CC(=O)O)c(C)c1Br. The first-order valence-electron chi connectivity index (χ1n) is 6.84. The zero-order chi connectivity index (χ0) is 17.9. The molecule has 1 aromatic rings. The lowest BCUT2D eigenvalue weighted by molar-refractivity contribution is -0.812. The lowest BCUT2D eigenvalue weighted by Crippen LogP contribution is -2.56. The summed E-state index contributed by atoms with van der Waals surface area (Å²) in [6.45, 7) is 4.32. The van der Waals surface area contributed by atoms with Crippen LogP contribution in [0.4, 0.5) is 10.5 Å². The number of nitrogens with one attached hydrogen (secondary N) is 1. The van der Waals surface area contributed by atoms with Crippen LogP contribution in [0, 0.1) is 20.8 Å². The van der Waals surface area contributed by atoms with Crippen LogP contribution in [0.5, 0.6) is 0 Å². The van der Waals surface area contributed by atoms with Crippen molar-refractivity contribution in [2.24, 2.45) is 0 Å². The summed E-state index contributed by atoms with van der Waals surface area (Å²) in [5.74, 6) is -2.50. The van der Waals surface area contributed by atoms with Gasteiger partial charge in [-0.2, -0.15) is 0 Å². The van der Waals surface area contributed by atoms with Crippen molar-refractivity contribution in [3.8, 4) is 0 Å². The molecule has 0 radical (unpaired) electrons. The molecule has 3 N–H and O–H groups in total. The molecule has 0 aliphatic carbocycles. The van der Waals surface area contributed by atoms with E-state index in [0.29, 0.717) is 5.69 Å². The van der Waals surface area contributed by atoms with Gasteiger partial charge in [0.05, 0.1) is 12.7 Å². The van der Waals surface area contributed by atoms with Gasteiger partial charge in [0.25, 0.3) is 0 Å². The number of hydrogen-bond acceptors (Lipinski definition) is 3. The standard InChI is InChI=1S/C15H19BrN2O5/c1-8-5-9(2)14(10(3)13(8)16)17-15(23)18(4,6-11(19)20)7-12(21)22/h5H,6-7H2,1-4H3,(H2-,17,19,20,21,22,23)/p+1. The summed E-state index contributed by atoms with van der Waals surface area (Å²) in [7, 11) is 1.28. The number of carboxylic acids is 2. The van der Waals surface area contributed by atoms with Crippen LogP contribution in [-0.2, 0) is 9.59 Å². The van der Waals surface area contributed by atoms with Crippen molar-refractivity contribution in [1.29, 1.82) is 0 Å². The number of aryl methyl sites for hydroxylation is 2. The molecule has 126 valence electrons. The number of amides is 2. The van der Waals surface area contributed by atoms with Crippen LogP contribution in [0.1, 0.15) is 16.7 Å². The van der Waals surface area contributed by atoms with Crippen LogP contribution in [-0.4, -0.2) is 52.8 Å². The van der Waals surface area contributed by atoms with E-state index in [1.165, 1.54) is 7.05 Å². The van der Waals surface area contributed by atoms with Crippen molar-refractivity contribution in [2.75, 3.05) is 25.5 Å². The predicted octanol–water partition coefficient (Wildman–Crippen LogP) is 2.52. The van der Waals surface area contributed by atoms with E-state index in [4.69, 9.17) is 10.2 Å². The third kappa shape index (κ3) is 4.52. The zero-order valence-electron chi connectivity index (χ0n) is 13.4. The van der Waals surface area contributed by atoms with E-state index in [1.807, 2.05) is 26.8 Å². The number of likely N-dealkylation sites (N-methyl/N-ethyl adjacent to an activating group) is 1. The summed E-state index contributed by atoms with van der Waals surface area (Å²) in [4.78, 5) is 34.5. The molecule has 0 fully saturated rings. The highest BCUT2D eigenvalue weighted by atomic mass is 79.9. The van der Waals surface area contributed by atoms with Crippen molar-refractivity contribution in [3.05, 3.63) is 27.2 Å². The van der Waals surface area contributed by atoms with E-state index >= 15 is 0 Å². The second kappa shape index (κ2) is 7.10. The lowest BCUT2D eigenvalue weighted by Gasteiger charge is -2.28. The second-order valence-corrected chi connectivity index (χ2v) is 6.55. The quantitative estimate of drug-likeness (QED) is 0.673. The fraction of sp³-hybridized carbons (Fsp3) is 0.400. The number of quaternary nitrogens is 1. The van der Waals surface area contributed by atoms with Gasteiger partial charge in [-0.25, -0.2) is 18.9 Å². The molecule has 1 aromatic carbocycles. The van der Waals surface area contributed by atoms with E-state index in [2.05, 4.69) is 21.2 Å². The van der Waals surface area contributed by atoms with Gasteiger partial charge in [0, 0.05) is 4.47 Å². The Labute approximate surface area is 142 Å². The Balaban J connectivity index is 3.20. The number of carboxylic acid groups (broad SMARTS) is 2. The smallest absolute Gasteiger partial charge is 0.421 e. The largest absolute Gasteiger partial charge is 0.477 e. The Morgan fingerprint density at radius 1 is 1.09 bits per heavy atom. The minimum atomic E-state index is -1.25. The molecule has 0 aliphatic rings. The maximum atomic E-state index is 12.5. The predicted molar refractivity (Wildman–Crippen MR) is 88.6 cm³/mol. The van der Waals surface area contributed by atoms with Gasteiger partial charge in [0.15, 0.2) is 13.1 Å².